The van der Waals surface area contributed by atoms with Crippen LogP contribution in [0.3, 0.4) is 0 Å². The Labute approximate surface area is 151 Å². The average Bonchev–Trinajstić information content (AvgIpc) is 2.99. The van der Waals surface area contributed by atoms with Crippen molar-refractivity contribution in [1.29, 1.82) is 0 Å². The van der Waals surface area contributed by atoms with E-state index in [1.165, 1.54) is 19.1 Å². The van der Waals surface area contributed by atoms with Crippen LogP contribution in [0.5, 0.6) is 0 Å². The zero-order valence-corrected chi connectivity index (χ0v) is 14.9. The molecular formula is C19H24F4N2O. The van der Waals surface area contributed by atoms with Crippen LogP contribution >= 0.6 is 0 Å². The van der Waals surface area contributed by atoms with Crippen molar-refractivity contribution in [3.05, 3.63) is 29.8 Å². The molecule has 0 radical (unpaired) electrons. The predicted molar refractivity (Wildman–Crippen MR) is 92.0 cm³/mol. The van der Waals surface area contributed by atoms with E-state index in [1.54, 1.807) is 0 Å². The first kappa shape index (κ1) is 19.1. The van der Waals surface area contributed by atoms with E-state index in [0.29, 0.717) is 44.7 Å². The number of hydrogen-bond donors (Lipinski definition) is 0. The van der Waals surface area contributed by atoms with Gasteiger partial charge in [-0.1, -0.05) is 0 Å². The number of likely N-dealkylation sites (tertiary alicyclic amines) is 1. The molecule has 3 nitrogen and oxygen atoms in total. The lowest BCUT2D eigenvalue weighted by Crippen LogP contribution is -2.62. The monoisotopic (exact) mass is 372 g/mol. The van der Waals surface area contributed by atoms with Crippen LogP contribution in [0.15, 0.2) is 24.3 Å². The molecule has 2 aliphatic rings. The molecule has 2 saturated heterocycles. The van der Waals surface area contributed by atoms with Crippen LogP contribution in [-0.2, 0) is 11.0 Å². The van der Waals surface area contributed by atoms with Gasteiger partial charge in [-0.15, -0.1) is 0 Å². The van der Waals surface area contributed by atoms with Crippen molar-refractivity contribution in [3.63, 3.8) is 0 Å². The van der Waals surface area contributed by atoms with Crippen LogP contribution < -0.4 is 4.90 Å². The Bertz CT molecular complexity index is 646. The van der Waals surface area contributed by atoms with Crippen LogP contribution in [-0.4, -0.2) is 48.6 Å². The SMILES string of the molecule is CC(=O)C1(CN2CCC(F)C2)CCCCN1c1ccc(C(F)(F)F)cc1. The van der Waals surface area contributed by atoms with Crippen LogP contribution in [0, 0.1) is 0 Å². The Kier molecular flexibility index (Phi) is 5.28. The van der Waals surface area contributed by atoms with Gasteiger partial charge in [-0.3, -0.25) is 9.69 Å². The van der Waals surface area contributed by atoms with Crippen molar-refractivity contribution in [1.82, 2.24) is 4.90 Å². The normalized spacial score (nSPS) is 27.7. The molecule has 2 aliphatic heterocycles. The number of carbonyl (C=O) groups excluding carboxylic acids is 1. The molecular weight excluding hydrogens is 348 g/mol. The summed E-state index contributed by atoms with van der Waals surface area (Å²) in [6.45, 7) is 3.49. The molecule has 2 heterocycles. The molecule has 2 unspecified atom stereocenters. The molecule has 0 saturated carbocycles. The summed E-state index contributed by atoms with van der Waals surface area (Å²) in [5, 5.41) is 0. The van der Waals surface area contributed by atoms with E-state index in [1.807, 2.05) is 9.80 Å². The second-order valence-electron chi connectivity index (χ2n) is 7.36. The van der Waals surface area contributed by atoms with Gasteiger partial charge < -0.3 is 4.90 Å². The molecule has 3 rings (SSSR count). The highest BCUT2D eigenvalue weighted by Crippen LogP contribution is 2.37. The van der Waals surface area contributed by atoms with Crippen molar-refractivity contribution in [2.24, 2.45) is 0 Å². The van der Waals surface area contributed by atoms with Gasteiger partial charge in [0.15, 0.2) is 5.78 Å². The minimum atomic E-state index is -4.39. The number of halogens is 4. The van der Waals surface area contributed by atoms with Crippen molar-refractivity contribution >= 4 is 11.5 Å². The third kappa shape index (κ3) is 3.72. The second-order valence-corrected chi connectivity index (χ2v) is 7.36. The highest BCUT2D eigenvalue weighted by molar-refractivity contribution is 5.90. The van der Waals surface area contributed by atoms with Gasteiger partial charge in [-0.2, -0.15) is 13.2 Å². The molecule has 1 aromatic rings. The number of rotatable bonds is 4. The van der Waals surface area contributed by atoms with E-state index < -0.39 is 23.5 Å². The van der Waals surface area contributed by atoms with Crippen LogP contribution in [0.1, 0.15) is 38.2 Å². The lowest BCUT2D eigenvalue weighted by Gasteiger charge is -2.48. The maximum Gasteiger partial charge on any atom is 0.416 e. The van der Waals surface area contributed by atoms with Crippen molar-refractivity contribution in [2.45, 2.75) is 50.5 Å². The lowest BCUT2D eigenvalue weighted by molar-refractivity contribution is -0.137. The summed E-state index contributed by atoms with van der Waals surface area (Å²) < 4.78 is 52.1. The molecule has 7 heteroatoms. The number of Topliss-reactive ketones (excluding diaryl/α,β-unsaturated/α-hetero) is 1. The Hall–Kier alpha value is -1.63. The highest BCUT2D eigenvalue weighted by atomic mass is 19.4. The highest BCUT2D eigenvalue weighted by Gasteiger charge is 2.45. The number of alkyl halides is 4. The van der Waals surface area contributed by atoms with E-state index in [9.17, 15) is 22.4 Å². The van der Waals surface area contributed by atoms with Crippen molar-refractivity contribution in [2.75, 3.05) is 31.1 Å². The fourth-order valence-electron chi connectivity index (χ4n) is 4.18. The smallest absolute Gasteiger partial charge is 0.358 e. The molecule has 144 valence electrons. The Balaban J connectivity index is 1.90. The van der Waals surface area contributed by atoms with Gasteiger partial charge in [-0.25, -0.2) is 4.39 Å². The first-order chi connectivity index (χ1) is 12.2. The standard InChI is InChI=1S/C19H24F4N2O/c1-14(26)18(13-24-11-8-16(20)12-24)9-2-3-10-25(18)17-6-4-15(5-7-17)19(21,22)23/h4-7,16H,2-3,8-13H2,1H3. The largest absolute Gasteiger partial charge is 0.416 e. The van der Waals surface area contributed by atoms with E-state index >= 15 is 0 Å². The summed E-state index contributed by atoms with van der Waals surface area (Å²) in [4.78, 5) is 16.6. The molecule has 0 aliphatic carbocycles. The van der Waals surface area contributed by atoms with Gasteiger partial charge >= 0.3 is 6.18 Å². The maximum absolute atomic E-state index is 13.6. The zero-order chi connectivity index (χ0) is 18.9. The maximum atomic E-state index is 13.6. The van der Waals surface area contributed by atoms with Crippen molar-refractivity contribution < 1.29 is 22.4 Å². The number of nitrogens with zero attached hydrogens (tertiary/aromatic N) is 2. The number of carbonyl (C=O) groups is 1. The molecule has 26 heavy (non-hydrogen) atoms. The summed E-state index contributed by atoms with van der Waals surface area (Å²) >= 11 is 0. The molecule has 2 atom stereocenters. The zero-order valence-electron chi connectivity index (χ0n) is 14.9. The number of benzene rings is 1. The first-order valence-corrected chi connectivity index (χ1v) is 9.05. The van der Waals surface area contributed by atoms with Crippen molar-refractivity contribution in [3.8, 4) is 0 Å². The molecule has 0 N–H and O–H groups in total. The van der Waals surface area contributed by atoms with Crippen LogP contribution in [0.2, 0.25) is 0 Å². The molecule has 2 fully saturated rings. The molecule has 0 aromatic heterocycles. The van der Waals surface area contributed by atoms with Gasteiger partial charge in [0.25, 0.3) is 0 Å². The Morgan fingerprint density at radius 1 is 1.19 bits per heavy atom. The van der Waals surface area contributed by atoms with Gasteiger partial charge in [0.1, 0.15) is 11.7 Å². The average molecular weight is 372 g/mol. The Morgan fingerprint density at radius 3 is 2.42 bits per heavy atom. The number of ketones is 1. The molecule has 0 bridgehead atoms. The summed E-state index contributed by atoms with van der Waals surface area (Å²) in [5.74, 6) is -0.0144. The van der Waals surface area contributed by atoms with E-state index in [4.69, 9.17) is 0 Å². The first-order valence-electron chi connectivity index (χ1n) is 9.05. The minimum Gasteiger partial charge on any atom is -0.358 e. The molecule has 0 amide bonds. The van der Waals surface area contributed by atoms with Gasteiger partial charge in [0.05, 0.1) is 5.56 Å². The number of piperidine rings is 1. The number of hydrogen-bond acceptors (Lipinski definition) is 3. The Morgan fingerprint density at radius 2 is 1.88 bits per heavy atom. The van der Waals surface area contributed by atoms with Gasteiger partial charge in [0, 0.05) is 31.9 Å². The molecule has 1 aromatic carbocycles. The van der Waals surface area contributed by atoms with E-state index in [2.05, 4.69) is 0 Å². The van der Waals surface area contributed by atoms with Gasteiger partial charge in [0.2, 0.25) is 0 Å². The topological polar surface area (TPSA) is 23.6 Å². The third-order valence-corrected chi connectivity index (χ3v) is 5.60. The predicted octanol–water partition coefficient (Wildman–Crippen LogP) is 4.07. The summed E-state index contributed by atoms with van der Waals surface area (Å²) in [7, 11) is 0. The minimum absolute atomic E-state index is 0.0144. The quantitative estimate of drug-likeness (QED) is 0.745. The summed E-state index contributed by atoms with van der Waals surface area (Å²) in [6.07, 6.45) is -2.40. The number of anilines is 1. The summed E-state index contributed by atoms with van der Waals surface area (Å²) in [5.41, 5.74) is -0.891. The third-order valence-electron chi connectivity index (χ3n) is 5.60. The fraction of sp³-hybridized carbons (Fsp3) is 0.632. The fourth-order valence-corrected chi connectivity index (χ4v) is 4.18. The van der Waals surface area contributed by atoms with E-state index in [-0.39, 0.29) is 5.78 Å². The second kappa shape index (κ2) is 7.18. The van der Waals surface area contributed by atoms with E-state index in [0.717, 1.165) is 25.0 Å². The van der Waals surface area contributed by atoms with Gasteiger partial charge in [-0.05, 0) is 56.9 Å². The molecule has 0 spiro atoms. The summed E-state index contributed by atoms with van der Waals surface area (Å²) in [6, 6.07) is 4.99. The van der Waals surface area contributed by atoms with Crippen LogP contribution in [0.25, 0.3) is 0 Å². The van der Waals surface area contributed by atoms with Crippen LogP contribution in [0.4, 0.5) is 23.2 Å². The lowest BCUT2D eigenvalue weighted by atomic mass is 9.82.